The van der Waals surface area contributed by atoms with Gasteiger partial charge in [0.25, 0.3) is 5.91 Å². The van der Waals surface area contributed by atoms with E-state index in [1.807, 2.05) is 13.8 Å². The molecule has 3 aromatic rings. The predicted molar refractivity (Wildman–Crippen MR) is 93.4 cm³/mol. The number of halogens is 2. The second-order valence-electron chi connectivity index (χ2n) is 5.80. The van der Waals surface area contributed by atoms with Gasteiger partial charge in [0, 0.05) is 22.2 Å². The Hall–Kier alpha value is -2.18. The Labute approximate surface area is 148 Å². The first kappa shape index (κ1) is 16.7. The van der Waals surface area contributed by atoms with Crippen LogP contribution in [0, 0.1) is 5.92 Å². The Morgan fingerprint density at radius 1 is 1.21 bits per heavy atom. The molecule has 1 amide bonds. The monoisotopic (exact) mass is 363 g/mol. The van der Waals surface area contributed by atoms with Crippen LogP contribution in [0.4, 0.5) is 0 Å². The first-order chi connectivity index (χ1) is 11.4. The third-order valence-electron chi connectivity index (χ3n) is 3.34. The number of benzene rings is 1. The van der Waals surface area contributed by atoms with Crippen LogP contribution < -0.4 is 5.32 Å². The molecule has 3 rings (SSSR count). The molecule has 0 atom stereocenters. The molecule has 0 saturated heterocycles. The zero-order valence-electron chi connectivity index (χ0n) is 13.1. The van der Waals surface area contributed by atoms with Crippen LogP contribution in [0.25, 0.3) is 16.8 Å². The molecule has 0 unspecified atom stereocenters. The minimum atomic E-state index is -0.256. The van der Waals surface area contributed by atoms with E-state index in [1.165, 1.54) is 10.8 Å². The number of amides is 1. The maximum Gasteiger partial charge on any atom is 0.271 e. The molecule has 6 nitrogen and oxygen atoms in total. The molecule has 0 fully saturated rings. The molecule has 0 bridgehead atoms. The van der Waals surface area contributed by atoms with Crippen LogP contribution in [-0.4, -0.2) is 32.3 Å². The maximum atomic E-state index is 12.4. The smallest absolute Gasteiger partial charge is 0.271 e. The Morgan fingerprint density at radius 2 is 1.92 bits per heavy atom. The van der Waals surface area contributed by atoms with E-state index in [0.717, 1.165) is 5.56 Å². The van der Waals surface area contributed by atoms with Crippen molar-refractivity contribution < 1.29 is 4.79 Å². The Morgan fingerprint density at radius 3 is 2.58 bits per heavy atom. The minimum absolute atomic E-state index is 0.256. The summed E-state index contributed by atoms with van der Waals surface area (Å²) in [6.45, 7) is 4.62. The fraction of sp³-hybridized carbons (Fsp3) is 0.250. The van der Waals surface area contributed by atoms with Crippen LogP contribution in [0.5, 0.6) is 0 Å². The Kier molecular flexibility index (Phi) is 4.69. The van der Waals surface area contributed by atoms with Crippen molar-refractivity contribution in [3.63, 3.8) is 0 Å². The van der Waals surface area contributed by atoms with Gasteiger partial charge in [0.2, 0.25) is 0 Å². The summed E-state index contributed by atoms with van der Waals surface area (Å²) in [6.07, 6.45) is 1.45. The van der Waals surface area contributed by atoms with Crippen molar-refractivity contribution in [2.75, 3.05) is 6.54 Å². The van der Waals surface area contributed by atoms with E-state index in [4.69, 9.17) is 23.2 Å². The van der Waals surface area contributed by atoms with E-state index in [2.05, 4.69) is 20.6 Å². The highest BCUT2D eigenvalue weighted by atomic mass is 35.5. The Bertz CT molecular complexity index is 886. The van der Waals surface area contributed by atoms with E-state index in [9.17, 15) is 4.79 Å². The van der Waals surface area contributed by atoms with Crippen molar-refractivity contribution in [1.82, 2.24) is 25.1 Å². The molecule has 1 N–H and O–H groups in total. The second kappa shape index (κ2) is 6.75. The first-order valence-corrected chi connectivity index (χ1v) is 8.15. The lowest BCUT2D eigenvalue weighted by Crippen LogP contribution is -2.28. The lowest BCUT2D eigenvalue weighted by atomic mass is 10.1. The molecule has 2 aromatic heterocycles. The molecule has 8 heteroatoms. The van der Waals surface area contributed by atoms with E-state index < -0.39 is 0 Å². The third kappa shape index (κ3) is 3.49. The topological polar surface area (TPSA) is 72.2 Å². The van der Waals surface area contributed by atoms with Gasteiger partial charge < -0.3 is 5.32 Å². The molecule has 1 aromatic carbocycles. The van der Waals surface area contributed by atoms with Crippen molar-refractivity contribution in [3.8, 4) is 11.1 Å². The van der Waals surface area contributed by atoms with Crippen LogP contribution >= 0.6 is 23.2 Å². The van der Waals surface area contributed by atoms with Crippen molar-refractivity contribution in [3.05, 3.63) is 46.3 Å². The van der Waals surface area contributed by atoms with Gasteiger partial charge in [0.15, 0.2) is 5.65 Å². The summed E-state index contributed by atoms with van der Waals surface area (Å²) in [5.41, 5.74) is 2.22. The largest absolute Gasteiger partial charge is 0.350 e. The minimum Gasteiger partial charge on any atom is -0.350 e. The summed E-state index contributed by atoms with van der Waals surface area (Å²) in [5, 5.41) is 16.0. The molecule has 124 valence electrons. The zero-order valence-corrected chi connectivity index (χ0v) is 14.6. The van der Waals surface area contributed by atoms with Gasteiger partial charge in [-0.2, -0.15) is 9.61 Å². The fourth-order valence-electron chi connectivity index (χ4n) is 2.25. The lowest BCUT2D eigenvalue weighted by molar-refractivity contribution is 0.0942. The highest BCUT2D eigenvalue weighted by molar-refractivity contribution is 6.35. The van der Waals surface area contributed by atoms with E-state index in [1.54, 1.807) is 24.3 Å². The SMILES string of the molecule is CC(C)CNC(=O)c1cc(-c2cc(Cl)cc(Cl)c2)c2nncn2n1. The molecule has 0 aliphatic rings. The van der Waals surface area contributed by atoms with Gasteiger partial charge >= 0.3 is 0 Å². The van der Waals surface area contributed by atoms with Gasteiger partial charge in [-0.15, -0.1) is 10.2 Å². The number of hydrogen-bond acceptors (Lipinski definition) is 4. The summed E-state index contributed by atoms with van der Waals surface area (Å²) in [6, 6.07) is 6.83. The average molecular weight is 364 g/mol. The van der Waals surface area contributed by atoms with Crippen LogP contribution in [0.15, 0.2) is 30.6 Å². The lowest BCUT2D eigenvalue weighted by Gasteiger charge is -2.10. The number of rotatable bonds is 4. The number of aromatic nitrogens is 4. The van der Waals surface area contributed by atoms with Crippen molar-refractivity contribution in [2.45, 2.75) is 13.8 Å². The molecule has 0 aliphatic heterocycles. The van der Waals surface area contributed by atoms with Gasteiger partial charge in [-0.25, -0.2) is 0 Å². The van der Waals surface area contributed by atoms with Gasteiger partial charge in [-0.1, -0.05) is 37.0 Å². The first-order valence-electron chi connectivity index (χ1n) is 7.40. The molecule has 0 radical (unpaired) electrons. The van der Waals surface area contributed by atoms with Crippen molar-refractivity contribution >= 4 is 34.8 Å². The summed E-state index contributed by atoms with van der Waals surface area (Å²) in [5.74, 6) is 0.0903. The zero-order chi connectivity index (χ0) is 17.3. The number of carbonyl (C=O) groups excluding carboxylic acids is 1. The second-order valence-corrected chi connectivity index (χ2v) is 6.68. The van der Waals surface area contributed by atoms with Crippen LogP contribution in [-0.2, 0) is 0 Å². The van der Waals surface area contributed by atoms with Crippen LogP contribution in [0.3, 0.4) is 0 Å². The highest BCUT2D eigenvalue weighted by Gasteiger charge is 2.16. The summed E-state index contributed by atoms with van der Waals surface area (Å²) in [4.78, 5) is 12.4. The maximum absolute atomic E-state index is 12.4. The van der Waals surface area contributed by atoms with Crippen molar-refractivity contribution in [1.29, 1.82) is 0 Å². The van der Waals surface area contributed by atoms with Crippen LogP contribution in [0.1, 0.15) is 24.3 Å². The molecular weight excluding hydrogens is 349 g/mol. The van der Waals surface area contributed by atoms with Gasteiger partial charge in [0.05, 0.1) is 0 Å². The number of fused-ring (bicyclic) bond motifs is 1. The third-order valence-corrected chi connectivity index (χ3v) is 3.78. The van der Waals surface area contributed by atoms with Crippen LogP contribution in [0.2, 0.25) is 10.0 Å². The standard InChI is InChI=1S/C16H15Cl2N5O/c1-9(2)7-19-16(24)14-6-13(15-21-20-8-23(15)22-14)10-3-11(17)5-12(18)4-10/h3-6,8-9H,7H2,1-2H3,(H,19,24). The molecular formula is C16H15Cl2N5O. The number of carbonyl (C=O) groups is 1. The van der Waals surface area contributed by atoms with Gasteiger partial charge in [-0.05, 0) is 35.7 Å². The molecule has 0 saturated carbocycles. The summed E-state index contributed by atoms with van der Waals surface area (Å²) >= 11 is 12.2. The van der Waals surface area contributed by atoms with E-state index in [-0.39, 0.29) is 11.6 Å². The predicted octanol–water partition coefficient (Wildman–Crippen LogP) is 3.48. The van der Waals surface area contributed by atoms with Gasteiger partial charge in [0.1, 0.15) is 12.0 Å². The summed E-state index contributed by atoms with van der Waals surface area (Å²) < 4.78 is 1.47. The van der Waals surface area contributed by atoms with Gasteiger partial charge in [-0.3, -0.25) is 4.79 Å². The average Bonchev–Trinajstić information content (AvgIpc) is 2.99. The molecule has 0 spiro atoms. The Balaban J connectivity index is 2.09. The normalized spacial score (nSPS) is 11.2. The fourth-order valence-corrected chi connectivity index (χ4v) is 2.77. The van der Waals surface area contributed by atoms with E-state index in [0.29, 0.717) is 33.7 Å². The quantitative estimate of drug-likeness (QED) is 0.769. The summed E-state index contributed by atoms with van der Waals surface area (Å²) in [7, 11) is 0. The molecule has 2 heterocycles. The number of nitrogens with zero attached hydrogens (tertiary/aromatic N) is 4. The molecule has 0 aliphatic carbocycles. The number of hydrogen-bond donors (Lipinski definition) is 1. The van der Waals surface area contributed by atoms with Crippen molar-refractivity contribution in [2.24, 2.45) is 5.92 Å². The van der Waals surface area contributed by atoms with E-state index >= 15 is 0 Å². The molecule has 24 heavy (non-hydrogen) atoms. The highest BCUT2D eigenvalue weighted by Crippen LogP contribution is 2.29. The number of nitrogens with one attached hydrogen (secondary N) is 1.